The second-order valence-electron chi connectivity index (χ2n) is 5.24. The van der Waals surface area contributed by atoms with Crippen molar-refractivity contribution in [2.75, 3.05) is 18.1 Å². The Labute approximate surface area is 126 Å². The van der Waals surface area contributed by atoms with Gasteiger partial charge in [-0.1, -0.05) is 0 Å². The van der Waals surface area contributed by atoms with E-state index in [1.54, 1.807) is 6.92 Å². The van der Waals surface area contributed by atoms with Crippen LogP contribution in [0.15, 0.2) is 6.33 Å². The molecule has 3 rings (SSSR count). The predicted octanol–water partition coefficient (Wildman–Crippen LogP) is 2.05. The number of aryl methyl sites for hydroxylation is 1. The standard InChI is InChI=1S/C14H17N3O3S/c1-8-10-12(17(5-6-18)9-3-2-4-9)15-7-16-13(10)21-11(8)14(19)20/h7,9,18H,2-6H2,1H3,(H,19,20). The van der Waals surface area contributed by atoms with Gasteiger partial charge in [0.05, 0.1) is 12.0 Å². The molecule has 0 bridgehead atoms. The molecule has 0 atom stereocenters. The second-order valence-corrected chi connectivity index (χ2v) is 6.24. The number of carboxylic acids is 1. The number of carbonyl (C=O) groups is 1. The number of rotatable bonds is 5. The van der Waals surface area contributed by atoms with Crippen LogP contribution in [-0.2, 0) is 0 Å². The van der Waals surface area contributed by atoms with Gasteiger partial charge in [0, 0.05) is 12.6 Å². The van der Waals surface area contributed by atoms with Crippen LogP contribution in [0.1, 0.15) is 34.5 Å². The first-order valence-corrected chi connectivity index (χ1v) is 7.80. The van der Waals surface area contributed by atoms with Crippen LogP contribution in [0.25, 0.3) is 10.2 Å². The molecular weight excluding hydrogens is 290 g/mol. The van der Waals surface area contributed by atoms with E-state index in [9.17, 15) is 15.0 Å². The molecular formula is C14H17N3O3S. The van der Waals surface area contributed by atoms with E-state index >= 15 is 0 Å². The van der Waals surface area contributed by atoms with E-state index in [0.29, 0.717) is 27.9 Å². The number of thiophene rings is 1. The van der Waals surface area contributed by atoms with E-state index in [0.717, 1.165) is 24.0 Å². The van der Waals surface area contributed by atoms with Gasteiger partial charge in [-0.25, -0.2) is 14.8 Å². The van der Waals surface area contributed by atoms with Gasteiger partial charge in [-0.05, 0) is 31.7 Å². The highest BCUT2D eigenvalue weighted by molar-refractivity contribution is 7.20. The van der Waals surface area contributed by atoms with Gasteiger partial charge in [-0.3, -0.25) is 0 Å². The van der Waals surface area contributed by atoms with E-state index in [1.807, 2.05) is 0 Å². The number of nitrogens with zero attached hydrogens (tertiary/aromatic N) is 3. The van der Waals surface area contributed by atoms with Crippen molar-refractivity contribution in [2.24, 2.45) is 0 Å². The average molecular weight is 307 g/mol. The number of hydrogen-bond acceptors (Lipinski definition) is 6. The number of aliphatic hydroxyl groups is 1. The van der Waals surface area contributed by atoms with Gasteiger partial charge in [0.15, 0.2) is 0 Å². The summed E-state index contributed by atoms with van der Waals surface area (Å²) in [4.78, 5) is 23.0. The largest absolute Gasteiger partial charge is 0.477 e. The van der Waals surface area contributed by atoms with Crippen molar-refractivity contribution in [1.82, 2.24) is 9.97 Å². The minimum absolute atomic E-state index is 0.0525. The summed E-state index contributed by atoms with van der Waals surface area (Å²) in [6.07, 6.45) is 4.83. The molecule has 2 aromatic heterocycles. The summed E-state index contributed by atoms with van der Waals surface area (Å²) >= 11 is 1.18. The predicted molar refractivity (Wildman–Crippen MR) is 81.2 cm³/mol. The summed E-state index contributed by atoms with van der Waals surface area (Å²) in [6, 6.07) is 0.378. The quantitative estimate of drug-likeness (QED) is 0.879. The zero-order valence-electron chi connectivity index (χ0n) is 11.7. The lowest BCUT2D eigenvalue weighted by molar-refractivity contribution is 0.0701. The lowest BCUT2D eigenvalue weighted by Gasteiger charge is -2.38. The first-order valence-electron chi connectivity index (χ1n) is 6.98. The van der Waals surface area contributed by atoms with Crippen LogP contribution in [0.5, 0.6) is 0 Å². The minimum Gasteiger partial charge on any atom is -0.477 e. The Kier molecular flexibility index (Phi) is 3.77. The van der Waals surface area contributed by atoms with E-state index in [1.165, 1.54) is 24.1 Å². The molecule has 0 radical (unpaired) electrons. The fourth-order valence-corrected chi connectivity index (χ4v) is 3.72. The van der Waals surface area contributed by atoms with Gasteiger partial charge in [-0.15, -0.1) is 11.3 Å². The SMILES string of the molecule is Cc1c(C(=O)O)sc2ncnc(N(CCO)C3CCC3)c12. The first-order chi connectivity index (χ1) is 10.1. The lowest BCUT2D eigenvalue weighted by atomic mass is 9.91. The van der Waals surface area contributed by atoms with Gasteiger partial charge in [0.1, 0.15) is 21.9 Å². The van der Waals surface area contributed by atoms with Gasteiger partial charge >= 0.3 is 5.97 Å². The van der Waals surface area contributed by atoms with E-state index < -0.39 is 5.97 Å². The van der Waals surface area contributed by atoms with Crippen LogP contribution < -0.4 is 4.90 Å². The monoisotopic (exact) mass is 307 g/mol. The topological polar surface area (TPSA) is 86.5 Å². The van der Waals surface area contributed by atoms with Crippen LogP contribution in [0, 0.1) is 6.92 Å². The van der Waals surface area contributed by atoms with Crippen molar-refractivity contribution in [3.8, 4) is 0 Å². The Morgan fingerprint density at radius 2 is 2.24 bits per heavy atom. The molecule has 1 aliphatic rings. The summed E-state index contributed by atoms with van der Waals surface area (Å²) in [5.41, 5.74) is 0.709. The van der Waals surface area contributed by atoms with Gasteiger partial charge in [0.25, 0.3) is 0 Å². The summed E-state index contributed by atoms with van der Waals surface area (Å²) in [5, 5.41) is 19.4. The highest BCUT2D eigenvalue weighted by Crippen LogP contribution is 2.37. The van der Waals surface area contributed by atoms with Crippen molar-refractivity contribution in [2.45, 2.75) is 32.2 Å². The number of carboxylic acid groups (broad SMARTS) is 1. The van der Waals surface area contributed by atoms with Crippen LogP contribution >= 0.6 is 11.3 Å². The first kappa shape index (κ1) is 14.2. The number of aromatic carboxylic acids is 1. The number of aromatic nitrogens is 2. The number of anilines is 1. The fourth-order valence-electron chi connectivity index (χ4n) is 2.74. The van der Waals surface area contributed by atoms with Crippen molar-refractivity contribution in [3.63, 3.8) is 0 Å². The number of hydrogen-bond donors (Lipinski definition) is 2. The molecule has 0 unspecified atom stereocenters. The second kappa shape index (κ2) is 5.57. The van der Waals surface area contributed by atoms with Crippen molar-refractivity contribution >= 4 is 33.3 Å². The van der Waals surface area contributed by atoms with Crippen molar-refractivity contribution < 1.29 is 15.0 Å². The summed E-state index contributed by atoms with van der Waals surface area (Å²) < 4.78 is 0. The molecule has 2 N–H and O–H groups in total. The zero-order valence-corrected chi connectivity index (χ0v) is 12.6. The van der Waals surface area contributed by atoms with E-state index in [-0.39, 0.29) is 6.61 Å². The molecule has 0 spiro atoms. The van der Waals surface area contributed by atoms with E-state index in [2.05, 4.69) is 14.9 Å². The number of fused-ring (bicyclic) bond motifs is 1. The highest BCUT2D eigenvalue weighted by Gasteiger charge is 2.29. The average Bonchev–Trinajstić information content (AvgIpc) is 2.74. The molecule has 2 aromatic rings. The Balaban J connectivity index is 2.14. The molecule has 2 heterocycles. The molecule has 112 valence electrons. The molecule has 0 aromatic carbocycles. The van der Waals surface area contributed by atoms with Crippen molar-refractivity contribution in [3.05, 3.63) is 16.8 Å². The summed E-state index contributed by atoms with van der Waals surface area (Å²) in [5.74, 6) is -0.182. The third kappa shape index (κ3) is 2.36. The smallest absolute Gasteiger partial charge is 0.346 e. The molecule has 1 fully saturated rings. The van der Waals surface area contributed by atoms with Crippen LogP contribution in [-0.4, -0.2) is 45.3 Å². The number of aliphatic hydroxyl groups excluding tert-OH is 1. The van der Waals surface area contributed by atoms with Crippen molar-refractivity contribution in [1.29, 1.82) is 0 Å². The third-order valence-corrected chi connectivity index (χ3v) is 5.22. The zero-order chi connectivity index (χ0) is 15.0. The fraction of sp³-hybridized carbons (Fsp3) is 0.500. The lowest BCUT2D eigenvalue weighted by Crippen LogP contribution is -2.42. The Bertz CT molecular complexity index is 681. The molecule has 0 saturated heterocycles. The van der Waals surface area contributed by atoms with E-state index in [4.69, 9.17) is 0 Å². The maximum absolute atomic E-state index is 11.3. The third-order valence-electron chi connectivity index (χ3n) is 4.03. The van der Waals surface area contributed by atoms with Crippen LogP contribution in [0.4, 0.5) is 5.82 Å². The minimum atomic E-state index is -0.932. The molecule has 1 aliphatic carbocycles. The molecule has 21 heavy (non-hydrogen) atoms. The highest BCUT2D eigenvalue weighted by atomic mass is 32.1. The molecule has 7 heteroatoms. The molecule has 6 nitrogen and oxygen atoms in total. The Hall–Kier alpha value is -1.73. The maximum atomic E-state index is 11.3. The maximum Gasteiger partial charge on any atom is 0.346 e. The normalized spacial score (nSPS) is 15.1. The van der Waals surface area contributed by atoms with Gasteiger partial charge in [-0.2, -0.15) is 0 Å². The Morgan fingerprint density at radius 1 is 1.48 bits per heavy atom. The van der Waals surface area contributed by atoms with Gasteiger partial charge in [0.2, 0.25) is 0 Å². The van der Waals surface area contributed by atoms with Crippen LogP contribution in [0.2, 0.25) is 0 Å². The molecule has 0 amide bonds. The molecule has 1 saturated carbocycles. The Morgan fingerprint density at radius 3 is 2.81 bits per heavy atom. The molecule has 0 aliphatic heterocycles. The van der Waals surface area contributed by atoms with Gasteiger partial charge < -0.3 is 15.1 Å². The van der Waals surface area contributed by atoms with Crippen LogP contribution in [0.3, 0.4) is 0 Å². The summed E-state index contributed by atoms with van der Waals surface area (Å²) in [7, 11) is 0. The summed E-state index contributed by atoms with van der Waals surface area (Å²) in [6.45, 7) is 2.36.